The van der Waals surface area contributed by atoms with Gasteiger partial charge in [0.25, 0.3) is 0 Å². The molecule has 0 spiro atoms. The van der Waals surface area contributed by atoms with E-state index in [1.165, 1.54) is 15.8 Å². The van der Waals surface area contributed by atoms with Crippen LogP contribution in [0.4, 0.5) is 5.82 Å². The van der Waals surface area contributed by atoms with Gasteiger partial charge in [0.15, 0.2) is 0 Å². The summed E-state index contributed by atoms with van der Waals surface area (Å²) >= 11 is 0. The van der Waals surface area contributed by atoms with Crippen molar-refractivity contribution >= 4 is 11.7 Å². The van der Waals surface area contributed by atoms with Crippen LogP contribution < -0.4 is 11.1 Å². The van der Waals surface area contributed by atoms with Crippen molar-refractivity contribution in [1.82, 2.24) is 9.78 Å². The molecule has 0 aliphatic carbocycles. The van der Waals surface area contributed by atoms with Crippen molar-refractivity contribution in [1.29, 1.82) is 0 Å². The van der Waals surface area contributed by atoms with E-state index < -0.39 is 5.91 Å². The number of carbonyl (C=O) groups excluding carboxylic acids is 1. The van der Waals surface area contributed by atoms with Gasteiger partial charge in [-0.05, 0) is 17.5 Å². The topological polar surface area (TPSA) is 72.9 Å². The number of aromatic nitrogens is 2. The molecule has 0 fully saturated rings. The van der Waals surface area contributed by atoms with Crippen LogP contribution in [-0.2, 0) is 24.3 Å². The van der Waals surface area contributed by atoms with Crippen molar-refractivity contribution in [2.24, 2.45) is 5.73 Å². The van der Waals surface area contributed by atoms with Crippen LogP contribution in [0.25, 0.3) is 0 Å². The number of rotatable bonds is 6. The zero-order valence-corrected chi connectivity index (χ0v) is 11.0. The molecule has 1 heterocycles. The standard InChI is InChI=1S/C14H18N4O/c1-2-11-3-5-12(6-4-11)9-16-14-7-8-18(17-14)10-13(15)19/h3-8H,2,9-10H2,1H3,(H2,15,19)(H,16,17). The second-order valence-electron chi connectivity index (χ2n) is 4.39. The molecule has 0 aliphatic rings. The Hall–Kier alpha value is -2.30. The number of nitrogens with zero attached hydrogens (tertiary/aromatic N) is 2. The lowest BCUT2D eigenvalue weighted by molar-refractivity contribution is -0.118. The lowest BCUT2D eigenvalue weighted by Gasteiger charge is -2.04. The van der Waals surface area contributed by atoms with E-state index in [9.17, 15) is 4.79 Å². The van der Waals surface area contributed by atoms with Gasteiger partial charge in [-0.3, -0.25) is 9.48 Å². The normalized spacial score (nSPS) is 10.4. The molecule has 0 saturated carbocycles. The first-order valence-electron chi connectivity index (χ1n) is 6.31. The number of hydrogen-bond acceptors (Lipinski definition) is 3. The minimum atomic E-state index is -0.398. The minimum absolute atomic E-state index is 0.104. The highest BCUT2D eigenvalue weighted by molar-refractivity contribution is 5.73. The number of nitrogens with one attached hydrogen (secondary N) is 1. The SMILES string of the molecule is CCc1ccc(CNc2ccn(CC(N)=O)n2)cc1. The zero-order valence-electron chi connectivity index (χ0n) is 11.0. The molecule has 19 heavy (non-hydrogen) atoms. The van der Waals surface area contributed by atoms with Gasteiger partial charge >= 0.3 is 0 Å². The molecular formula is C14H18N4O. The van der Waals surface area contributed by atoms with E-state index in [1.54, 1.807) is 6.20 Å². The van der Waals surface area contributed by atoms with Crippen LogP contribution in [0.2, 0.25) is 0 Å². The number of primary amides is 1. The van der Waals surface area contributed by atoms with Crippen LogP contribution in [0.1, 0.15) is 18.1 Å². The number of nitrogens with two attached hydrogens (primary N) is 1. The van der Waals surface area contributed by atoms with E-state index in [2.05, 4.69) is 41.6 Å². The molecule has 0 bridgehead atoms. The highest BCUT2D eigenvalue weighted by Crippen LogP contribution is 2.08. The van der Waals surface area contributed by atoms with Crippen molar-refractivity contribution in [2.45, 2.75) is 26.4 Å². The van der Waals surface area contributed by atoms with Crippen molar-refractivity contribution in [3.63, 3.8) is 0 Å². The summed E-state index contributed by atoms with van der Waals surface area (Å²) in [7, 11) is 0. The Balaban J connectivity index is 1.90. The van der Waals surface area contributed by atoms with E-state index in [1.807, 2.05) is 6.07 Å². The van der Waals surface area contributed by atoms with Crippen LogP contribution in [0.5, 0.6) is 0 Å². The molecule has 0 saturated heterocycles. The largest absolute Gasteiger partial charge is 0.368 e. The van der Waals surface area contributed by atoms with Gasteiger partial charge in [-0.25, -0.2) is 0 Å². The fourth-order valence-corrected chi connectivity index (χ4v) is 1.79. The third-order valence-electron chi connectivity index (χ3n) is 2.86. The third-order valence-corrected chi connectivity index (χ3v) is 2.86. The Kier molecular flexibility index (Phi) is 4.18. The van der Waals surface area contributed by atoms with Gasteiger partial charge in [0.05, 0.1) is 0 Å². The molecule has 0 unspecified atom stereocenters. The van der Waals surface area contributed by atoms with Crippen molar-refractivity contribution in [3.05, 3.63) is 47.7 Å². The molecule has 5 heteroatoms. The van der Waals surface area contributed by atoms with Crippen molar-refractivity contribution in [3.8, 4) is 0 Å². The fourth-order valence-electron chi connectivity index (χ4n) is 1.79. The van der Waals surface area contributed by atoms with E-state index in [4.69, 9.17) is 5.73 Å². The van der Waals surface area contributed by atoms with Gasteiger partial charge in [0.2, 0.25) is 5.91 Å². The maximum Gasteiger partial charge on any atom is 0.239 e. The van der Waals surface area contributed by atoms with E-state index in [0.29, 0.717) is 6.54 Å². The molecule has 5 nitrogen and oxygen atoms in total. The molecule has 2 rings (SSSR count). The first-order valence-corrected chi connectivity index (χ1v) is 6.31. The van der Waals surface area contributed by atoms with Crippen LogP contribution in [0, 0.1) is 0 Å². The van der Waals surface area contributed by atoms with Crippen LogP contribution >= 0.6 is 0 Å². The third kappa shape index (κ3) is 3.84. The Morgan fingerprint density at radius 3 is 2.58 bits per heavy atom. The lowest BCUT2D eigenvalue weighted by atomic mass is 10.1. The molecule has 3 N–H and O–H groups in total. The number of benzene rings is 1. The molecule has 100 valence electrons. The summed E-state index contributed by atoms with van der Waals surface area (Å²) in [6.07, 6.45) is 2.78. The lowest BCUT2D eigenvalue weighted by Crippen LogP contribution is -2.19. The summed E-state index contributed by atoms with van der Waals surface area (Å²) in [5, 5.41) is 7.41. The Labute approximate surface area is 112 Å². The number of amides is 1. The molecule has 1 aromatic carbocycles. The predicted molar refractivity (Wildman–Crippen MR) is 74.6 cm³/mol. The molecule has 1 aromatic heterocycles. The van der Waals surface area contributed by atoms with Gasteiger partial charge in [0.1, 0.15) is 12.4 Å². The second kappa shape index (κ2) is 6.04. The highest BCUT2D eigenvalue weighted by atomic mass is 16.1. The van der Waals surface area contributed by atoms with Gasteiger partial charge in [-0.15, -0.1) is 0 Å². The monoisotopic (exact) mass is 258 g/mol. The van der Waals surface area contributed by atoms with E-state index in [0.717, 1.165) is 12.2 Å². The van der Waals surface area contributed by atoms with Crippen LogP contribution in [0.15, 0.2) is 36.5 Å². The van der Waals surface area contributed by atoms with Crippen LogP contribution in [0.3, 0.4) is 0 Å². The second-order valence-corrected chi connectivity index (χ2v) is 4.39. The van der Waals surface area contributed by atoms with Crippen molar-refractivity contribution in [2.75, 3.05) is 5.32 Å². The first-order chi connectivity index (χ1) is 9.17. The summed E-state index contributed by atoms with van der Waals surface area (Å²) in [5.74, 6) is 0.339. The van der Waals surface area contributed by atoms with Gasteiger partial charge in [-0.2, -0.15) is 5.10 Å². The van der Waals surface area contributed by atoms with Gasteiger partial charge < -0.3 is 11.1 Å². The molecule has 0 radical (unpaired) electrons. The Morgan fingerprint density at radius 2 is 1.95 bits per heavy atom. The summed E-state index contributed by atoms with van der Waals surface area (Å²) in [6.45, 7) is 2.95. The van der Waals surface area contributed by atoms with Crippen LogP contribution in [-0.4, -0.2) is 15.7 Å². The summed E-state index contributed by atoms with van der Waals surface area (Å²) in [6, 6.07) is 10.3. The van der Waals surface area contributed by atoms with Gasteiger partial charge in [-0.1, -0.05) is 31.2 Å². The maximum absolute atomic E-state index is 10.8. The summed E-state index contributed by atoms with van der Waals surface area (Å²) in [4.78, 5) is 10.8. The molecule has 2 aromatic rings. The summed E-state index contributed by atoms with van der Waals surface area (Å²) in [5.41, 5.74) is 7.63. The predicted octanol–water partition coefficient (Wildman–Crippen LogP) is 1.54. The zero-order chi connectivity index (χ0) is 13.7. The molecular weight excluding hydrogens is 240 g/mol. The molecule has 1 amide bonds. The van der Waals surface area contributed by atoms with Crippen molar-refractivity contribution < 1.29 is 4.79 Å². The Morgan fingerprint density at radius 1 is 1.26 bits per heavy atom. The molecule has 0 aliphatic heterocycles. The average Bonchev–Trinajstić information content (AvgIpc) is 2.84. The number of carbonyl (C=O) groups is 1. The number of hydrogen-bond donors (Lipinski definition) is 2. The first kappa shape index (κ1) is 13.1. The average molecular weight is 258 g/mol. The smallest absolute Gasteiger partial charge is 0.239 e. The van der Waals surface area contributed by atoms with E-state index in [-0.39, 0.29) is 6.54 Å². The van der Waals surface area contributed by atoms with Gasteiger partial charge in [0, 0.05) is 18.8 Å². The fraction of sp³-hybridized carbons (Fsp3) is 0.286. The molecule has 0 atom stereocenters. The number of aryl methyl sites for hydroxylation is 1. The minimum Gasteiger partial charge on any atom is -0.368 e. The summed E-state index contributed by atoms with van der Waals surface area (Å²) < 4.78 is 1.52. The maximum atomic E-state index is 10.8. The Bertz CT molecular complexity index is 545. The highest BCUT2D eigenvalue weighted by Gasteiger charge is 2.01. The number of anilines is 1. The van der Waals surface area contributed by atoms with E-state index >= 15 is 0 Å². The quantitative estimate of drug-likeness (QED) is 0.825.